The van der Waals surface area contributed by atoms with E-state index in [0.29, 0.717) is 11.6 Å². The van der Waals surface area contributed by atoms with Gasteiger partial charge >= 0.3 is 0 Å². The van der Waals surface area contributed by atoms with E-state index in [4.69, 9.17) is 4.74 Å². The molecular formula is C11H21NO. The quantitative estimate of drug-likeness (QED) is 0.568. The lowest BCUT2D eigenvalue weighted by Crippen LogP contribution is -2.52. The SMILES string of the molecule is CC(C)(C)N1CC2CCC1COC2. The minimum absolute atomic E-state index is 0.317. The highest BCUT2D eigenvalue weighted by molar-refractivity contribution is 4.90. The molecule has 0 amide bonds. The van der Waals surface area contributed by atoms with Gasteiger partial charge in [-0.15, -0.1) is 0 Å². The lowest BCUT2D eigenvalue weighted by molar-refractivity contribution is 0.0346. The maximum Gasteiger partial charge on any atom is 0.0622 e. The third-order valence-corrected chi connectivity index (χ3v) is 3.33. The summed E-state index contributed by atoms with van der Waals surface area (Å²) in [5.41, 5.74) is 0.317. The molecule has 3 heterocycles. The molecular weight excluding hydrogens is 162 g/mol. The molecule has 0 N–H and O–H groups in total. The normalized spacial score (nSPS) is 36.2. The summed E-state index contributed by atoms with van der Waals surface area (Å²) in [7, 11) is 0. The van der Waals surface area contributed by atoms with Gasteiger partial charge < -0.3 is 4.74 Å². The predicted molar refractivity (Wildman–Crippen MR) is 53.8 cm³/mol. The van der Waals surface area contributed by atoms with E-state index in [1.807, 2.05) is 0 Å². The molecule has 0 aromatic rings. The van der Waals surface area contributed by atoms with Crippen LogP contribution in [0.5, 0.6) is 0 Å². The molecule has 3 rings (SSSR count). The van der Waals surface area contributed by atoms with Crippen molar-refractivity contribution < 1.29 is 4.74 Å². The van der Waals surface area contributed by atoms with Crippen LogP contribution in [-0.4, -0.2) is 36.2 Å². The Morgan fingerprint density at radius 2 is 1.92 bits per heavy atom. The first-order valence-corrected chi connectivity index (χ1v) is 5.42. The molecule has 2 nitrogen and oxygen atoms in total. The lowest BCUT2D eigenvalue weighted by Gasteiger charge is -2.44. The van der Waals surface area contributed by atoms with Crippen molar-refractivity contribution in [3.8, 4) is 0 Å². The Kier molecular flexibility index (Phi) is 2.37. The van der Waals surface area contributed by atoms with Crippen molar-refractivity contribution in [3.63, 3.8) is 0 Å². The minimum atomic E-state index is 0.317. The van der Waals surface area contributed by atoms with Crippen LogP contribution in [0.15, 0.2) is 0 Å². The summed E-state index contributed by atoms with van der Waals surface area (Å²) in [5, 5.41) is 0. The lowest BCUT2D eigenvalue weighted by atomic mass is 9.90. The van der Waals surface area contributed by atoms with Crippen molar-refractivity contribution in [1.82, 2.24) is 4.90 Å². The van der Waals surface area contributed by atoms with Crippen molar-refractivity contribution >= 4 is 0 Å². The smallest absolute Gasteiger partial charge is 0.0622 e. The molecule has 3 aliphatic heterocycles. The topological polar surface area (TPSA) is 12.5 Å². The number of ether oxygens (including phenoxy) is 1. The fraction of sp³-hybridized carbons (Fsp3) is 1.00. The first-order chi connectivity index (χ1) is 6.07. The van der Waals surface area contributed by atoms with Gasteiger partial charge in [0.15, 0.2) is 0 Å². The number of piperidine rings is 1. The molecule has 0 aromatic heterocycles. The maximum absolute atomic E-state index is 5.67. The average Bonchev–Trinajstić information content (AvgIpc) is 2.35. The monoisotopic (exact) mass is 183 g/mol. The molecule has 0 aliphatic carbocycles. The van der Waals surface area contributed by atoms with E-state index >= 15 is 0 Å². The van der Waals surface area contributed by atoms with Gasteiger partial charge in [-0.1, -0.05) is 0 Å². The molecule has 13 heavy (non-hydrogen) atoms. The molecule has 0 spiro atoms. The zero-order valence-corrected chi connectivity index (χ0v) is 9.05. The van der Waals surface area contributed by atoms with Crippen LogP contribution in [0.1, 0.15) is 33.6 Å². The average molecular weight is 183 g/mol. The van der Waals surface area contributed by atoms with E-state index in [-0.39, 0.29) is 0 Å². The summed E-state index contributed by atoms with van der Waals surface area (Å²) < 4.78 is 5.67. The molecule has 2 unspecified atom stereocenters. The van der Waals surface area contributed by atoms with E-state index < -0.39 is 0 Å². The fourth-order valence-corrected chi connectivity index (χ4v) is 2.60. The summed E-state index contributed by atoms with van der Waals surface area (Å²) in [5.74, 6) is 0.790. The summed E-state index contributed by atoms with van der Waals surface area (Å²) in [6, 6.07) is 0.679. The Morgan fingerprint density at radius 1 is 1.15 bits per heavy atom. The Labute approximate surface area is 81.3 Å². The fourth-order valence-electron chi connectivity index (χ4n) is 2.60. The number of rotatable bonds is 0. The van der Waals surface area contributed by atoms with Crippen molar-refractivity contribution in [1.29, 1.82) is 0 Å². The van der Waals surface area contributed by atoms with Crippen LogP contribution in [0.25, 0.3) is 0 Å². The molecule has 3 aliphatic rings. The van der Waals surface area contributed by atoms with Crippen molar-refractivity contribution in [2.45, 2.75) is 45.2 Å². The Morgan fingerprint density at radius 3 is 2.62 bits per heavy atom. The zero-order chi connectivity index (χ0) is 9.47. The van der Waals surface area contributed by atoms with E-state index in [1.54, 1.807) is 0 Å². The van der Waals surface area contributed by atoms with Gasteiger partial charge in [0.05, 0.1) is 13.2 Å². The van der Waals surface area contributed by atoms with Crippen LogP contribution in [0.2, 0.25) is 0 Å². The van der Waals surface area contributed by atoms with Gasteiger partial charge in [-0.25, -0.2) is 0 Å². The molecule has 2 bridgehead atoms. The summed E-state index contributed by atoms with van der Waals surface area (Å²) >= 11 is 0. The number of hydrogen-bond acceptors (Lipinski definition) is 2. The minimum Gasteiger partial charge on any atom is -0.379 e. The van der Waals surface area contributed by atoms with Crippen molar-refractivity contribution in [3.05, 3.63) is 0 Å². The van der Waals surface area contributed by atoms with Crippen LogP contribution in [0.3, 0.4) is 0 Å². The van der Waals surface area contributed by atoms with Gasteiger partial charge in [0.1, 0.15) is 0 Å². The van der Waals surface area contributed by atoms with Gasteiger partial charge in [0.2, 0.25) is 0 Å². The maximum atomic E-state index is 5.67. The Bertz CT molecular complexity index is 181. The summed E-state index contributed by atoms with van der Waals surface area (Å²) in [6.45, 7) is 10.1. The second-order valence-electron chi connectivity index (χ2n) is 5.46. The highest BCUT2D eigenvalue weighted by Crippen LogP contribution is 2.31. The molecule has 3 saturated heterocycles. The largest absolute Gasteiger partial charge is 0.379 e. The number of hydrogen-bond donors (Lipinski definition) is 0. The summed E-state index contributed by atoms with van der Waals surface area (Å²) in [6.07, 6.45) is 2.71. The third-order valence-electron chi connectivity index (χ3n) is 3.33. The van der Waals surface area contributed by atoms with Crippen LogP contribution in [-0.2, 0) is 4.74 Å². The number of fused-ring (bicyclic) bond motifs is 4. The van der Waals surface area contributed by atoms with Gasteiger partial charge in [-0.2, -0.15) is 0 Å². The standard InChI is InChI=1S/C11H21NO/c1-11(2,3)12-6-9-4-5-10(12)8-13-7-9/h9-10H,4-8H2,1-3H3. The molecule has 2 atom stereocenters. The molecule has 76 valence electrons. The molecule has 0 radical (unpaired) electrons. The van der Waals surface area contributed by atoms with Crippen LogP contribution in [0.4, 0.5) is 0 Å². The van der Waals surface area contributed by atoms with E-state index in [1.165, 1.54) is 19.4 Å². The van der Waals surface area contributed by atoms with Gasteiger partial charge in [-0.3, -0.25) is 4.90 Å². The second kappa shape index (κ2) is 3.25. The van der Waals surface area contributed by atoms with E-state index in [2.05, 4.69) is 25.7 Å². The van der Waals surface area contributed by atoms with Crippen LogP contribution in [0, 0.1) is 5.92 Å². The first kappa shape index (κ1) is 9.47. The zero-order valence-electron chi connectivity index (χ0n) is 9.05. The van der Waals surface area contributed by atoms with E-state index in [0.717, 1.165) is 19.1 Å². The highest BCUT2D eigenvalue weighted by atomic mass is 16.5. The van der Waals surface area contributed by atoms with Crippen molar-refractivity contribution in [2.75, 3.05) is 19.8 Å². The van der Waals surface area contributed by atoms with E-state index in [9.17, 15) is 0 Å². The molecule has 3 fully saturated rings. The molecule has 0 saturated carbocycles. The van der Waals surface area contributed by atoms with Gasteiger partial charge in [0, 0.05) is 18.1 Å². The Balaban J connectivity index is 2.12. The van der Waals surface area contributed by atoms with Crippen molar-refractivity contribution in [2.24, 2.45) is 5.92 Å². The predicted octanol–water partition coefficient (Wildman–Crippen LogP) is 1.90. The Hall–Kier alpha value is -0.0800. The van der Waals surface area contributed by atoms with Gasteiger partial charge in [-0.05, 0) is 39.5 Å². The summed E-state index contributed by atoms with van der Waals surface area (Å²) in [4.78, 5) is 2.63. The van der Waals surface area contributed by atoms with Crippen LogP contribution < -0.4 is 0 Å². The first-order valence-electron chi connectivity index (χ1n) is 5.42. The third kappa shape index (κ3) is 1.89. The second-order valence-corrected chi connectivity index (χ2v) is 5.46. The van der Waals surface area contributed by atoms with Gasteiger partial charge in [0.25, 0.3) is 0 Å². The van der Waals surface area contributed by atoms with Crippen LogP contribution >= 0.6 is 0 Å². The highest BCUT2D eigenvalue weighted by Gasteiger charge is 2.37. The molecule has 2 heteroatoms. The molecule has 0 aromatic carbocycles. The number of nitrogens with zero attached hydrogens (tertiary/aromatic N) is 1.